The number of hydrogen-bond donors (Lipinski definition) is 13. The topological polar surface area (TPSA) is 416 Å². The Bertz CT molecular complexity index is 2240. The van der Waals surface area contributed by atoms with Crippen molar-refractivity contribution in [1.29, 1.82) is 0 Å². The fraction of sp³-hybridized carbons (Fsp3) is 0.521. The van der Waals surface area contributed by atoms with Crippen LogP contribution in [0.5, 0.6) is 0 Å². The maximum atomic E-state index is 14.3. The van der Waals surface area contributed by atoms with Gasteiger partial charge in [-0.3, -0.25) is 43.5 Å². The van der Waals surface area contributed by atoms with Crippen LogP contribution in [0.1, 0.15) is 85.1 Å². The van der Waals surface area contributed by atoms with Gasteiger partial charge in [0.15, 0.2) is 11.9 Å². The summed E-state index contributed by atoms with van der Waals surface area (Å²) in [5.41, 5.74) is 23.3. The fourth-order valence-electron chi connectivity index (χ4n) is 7.33. The number of nitrogens with two attached hydrogens (primary N) is 4. The summed E-state index contributed by atoms with van der Waals surface area (Å²) in [7, 11) is 1.60. The molecular formula is C48H73N13O12. The van der Waals surface area contributed by atoms with Crippen LogP contribution in [0.25, 0.3) is 0 Å². The van der Waals surface area contributed by atoms with Crippen molar-refractivity contribution in [2.24, 2.45) is 44.8 Å². The molecule has 0 unspecified atom stereocenters. The standard InChI is InChI=1S/C48H73N13O12/c1-7-31-42(66)55-29(5)41(65)59-34(16-12-22-54-48(51)52)44(68)61-36(46(71)72)25-39(63)57-33(15-11-21-53-47(49)50)43(67)58-32(28(4)40(64)60-35(45(69)70)19-20-38(62)56-31)18-17-26(2)23-27(3)37(73-6)24-30-13-9-8-10-14-30/h7-10,13-14,17-18,23,27-29,32-37H,11-12,15-16,19-22,24-25H2,1-6H3,(H,55,66)(H,56,62)(H,57,63)(H,58,67)(H,59,65)(H,60,64)(H,61,68)(H,69,70)(H,71,72)(H4,49,50,53)(H4,51,52,54)/t27-,28-,29+,32-,33-,34-,35+,36+,37+/m0/s1. The van der Waals surface area contributed by atoms with Crippen molar-refractivity contribution in [2.45, 2.75) is 128 Å². The molecule has 1 fully saturated rings. The van der Waals surface area contributed by atoms with E-state index in [4.69, 9.17) is 27.7 Å². The summed E-state index contributed by atoms with van der Waals surface area (Å²) < 4.78 is 5.81. The quantitative estimate of drug-likeness (QED) is 0.0276. The van der Waals surface area contributed by atoms with E-state index in [9.17, 15) is 53.4 Å². The van der Waals surface area contributed by atoms with Crippen molar-refractivity contribution < 1.29 is 58.1 Å². The molecule has 0 saturated carbocycles. The molecule has 402 valence electrons. The molecule has 1 aromatic rings. The highest BCUT2D eigenvalue weighted by Crippen LogP contribution is 2.18. The monoisotopic (exact) mass is 1020 g/mol. The average molecular weight is 1020 g/mol. The number of carbonyl (C=O) groups excluding carboxylic acids is 7. The number of carboxylic acids is 2. The van der Waals surface area contributed by atoms with E-state index in [1.54, 1.807) is 20.1 Å². The number of guanidine groups is 2. The van der Waals surface area contributed by atoms with Crippen LogP contribution in [-0.2, 0) is 54.3 Å². The first-order chi connectivity index (χ1) is 34.4. The van der Waals surface area contributed by atoms with Gasteiger partial charge in [0.1, 0.15) is 35.9 Å². The van der Waals surface area contributed by atoms with Crippen LogP contribution >= 0.6 is 0 Å². The van der Waals surface area contributed by atoms with Crippen LogP contribution in [0.2, 0.25) is 0 Å². The smallest absolute Gasteiger partial charge is 0.326 e. The zero-order valence-electron chi connectivity index (χ0n) is 42.1. The minimum Gasteiger partial charge on any atom is -0.480 e. The van der Waals surface area contributed by atoms with Gasteiger partial charge in [0, 0.05) is 32.5 Å². The molecule has 73 heavy (non-hydrogen) atoms. The molecule has 1 heterocycles. The summed E-state index contributed by atoms with van der Waals surface area (Å²) in [6, 6.07) is 0.758. The van der Waals surface area contributed by atoms with Gasteiger partial charge in [-0.2, -0.15) is 0 Å². The highest BCUT2D eigenvalue weighted by molar-refractivity contribution is 6.00. The van der Waals surface area contributed by atoms with Crippen molar-refractivity contribution in [3.8, 4) is 0 Å². The largest absolute Gasteiger partial charge is 0.480 e. The minimum absolute atomic E-state index is 0.00238. The molecule has 0 aliphatic carbocycles. The summed E-state index contributed by atoms with van der Waals surface area (Å²) in [6.07, 6.45) is 4.77. The third-order valence-corrected chi connectivity index (χ3v) is 11.5. The molecular weight excluding hydrogens is 951 g/mol. The lowest BCUT2D eigenvalue weighted by Crippen LogP contribution is -2.56. The van der Waals surface area contributed by atoms with Gasteiger partial charge in [0.2, 0.25) is 35.4 Å². The van der Waals surface area contributed by atoms with E-state index in [-0.39, 0.29) is 68.4 Å². The Hall–Kier alpha value is -7.83. The summed E-state index contributed by atoms with van der Waals surface area (Å²) in [5, 5.41) is 37.5. The Morgan fingerprint density at radius 3 is 1.88 bits per heavy atom. The number of carboxylic acid groups (broad SMARTS) is 2. The van der Waals surface area contributed by atoms with Crippen molar-refractivity contribution in [2.75, 3.05) is 20.2 Å². The highest BCUT2D eigenvalue weighted by Gasteiger charge is 2.34. The number of methoxy groups -OCH3 is 1. The lowest BCUT2D eigenvalue weighted by atomic mass is 9.94. The van der Waals surface area contributed by atoms with Gasteiger partial charge >= 0.3 is 11.9 Å². The molecule has 25 heteroatoms. The van der Waals surface area contributed by atoms with Crippen LogP contribution in [0.3, 0.4) is 0 Å². The number of hydrogen-bond acceptors (Lipinski definition) is 12. The van der Waals surface area contributed by atoms with Crippen molar-refractivity contribution in [1.82, 2.24) is 37.2 Å². The molecule has 0 aromatic heterocycles. The predicted molar refractivity (Wildman–Crippen MR) is 270 cm³/mol. The van der Waals surface area contributed by atoms with E-state index in [1.165, 1.54) is 32.9 Å². The number of nitrogens with one attached hydrogen (secondary N) is 7. The van der Waals surface area contributed by atoms with E-state index in [0.29, 0.717) is 12.0 Å². The molecule has 0 spiro atoms. The van der Waals surface area contributed by atoms with Gasteiger partial charge in [-0.1, -0.05) is 74.1 Å². The number of aliphatic carboxylic acids is 2. The second-order valence-corrected chi connectivity index (χ2v) is 17.5. The number of carbonyl (C=O) groups is 9. The highest BCUT2D eigenvalue weighted by atomic mass is 16.5. The van der Waals surface area contributed by atoms with Gasteiger partial charge in [-0.05, 0) is 64.9 Å². The zero-order chi connectivity index (χ0) is 54.8. The van der Waals surface area contributed by atoms with E-state index in [1.807, 2.05) is 43.3 Å². The number of benzene rings is 1. The van der Waals surface area contributed by atoms with Gasteiger partial charge in [-0.25, -0.2) is 9.59 Å². The molecule has 1 aliphatic rings. The predicted octanol–water partition coefficient (Wildman–Crippen LogP) is -1.57. The van der Waals surface area contributed by atoms with Crippen LogP contribution in [-0.4, -0.2) is 138 Å². The SMILES string of the molecule is CC=C1NC(=O)CC[C@H](C(=O)O)NC(=O)[C@@H](C)[C@H](C=CC(C)=C[C@H](C)[C@@H](Cc2ccccc2)OC)NC(=O)[C@H](CCCN=C(N)N)NC(=O)C[C@H](C(=O)O)NC(=O)[C@H](CCCN=C(N)N)NC(=O)[C@@H](C)NC1=O. The molecule has 2 rings (SSSR count). The van der Waals surface area contributed by atoms with Crippen LogP contribution < -0.4 is 60.2 Å². The first-order valence-electron chi connectivity index (χ1n) is 23.7. The number of amides is 7. The summed E-state index contributed by atoms with van der Waals surface area (Å²) in [5.74, 6) is -11.4. The van der Waals surface area contributed by atoms with E-state index in [0.717, 1.165) is 5.56 Å². The van der Waals surface area contributed by atoms with E-state index >= 15 is 0 Å². The summed E-state index contributed by atoms with van der Waals surface area (Å²) in [4.78, 5) is 128. The molecule has 9 atom stereocenters. The van der Waals surface area contributed by atoms with Crippen LogP contribution in [0.15, 0.2) is 75.9 Å². The second-order valence-electron chi connectivity index (χ2n) is 17.5. The van der Waals surface area contributed by atoms with Gasteiger partial charge in [0.25, 0.3) is 5.91 Å². The molecule has 17 N–H and O–H groups in total. The fourth-order valence-corrected chi connectivity index (χ4v) is 7.33. The van der Waals surface area contributed by atoms with Crippen molar-refractivity contribution in [3.05, 3.63) is 71.5 Å². The van der Waals surface area contributed by atoms with E-state index < -0.39 is 115 Å². The maximum Gasteiger partial charge on any atom is 0.326 e. The molecule has 25 nitrogen and oxygen atoms in total. The Morgan fingerprint density at radius 1 is 0.767 bits per heavy atom. The van der Waals surface area contributed by atoms with E-state index in [2.05, 4.69) is 47.2 Å². The molecule has 1 aliphatic heterocycles. The number of nitrogens with zero attached hydrogens (tertiary/aromatic N) is 2. The molecule has 7 amide bonds. The molecule has 0 radical (unpaired) electrons. The third kappa shape index (κ3) is 22.9. The van der Waals surface area contributed by atoms with Crippen LogP contribution in [0, 0.1) is 11.8 Å². The lowest BCUT2D eigenvalue weighted by molar-refractivity contribution is -0.144. The minimum atomic E-state index is -1.91. The first kappa shape index (κ1) is 61.3. The molecule has 0 bridgehead atoms. The number of ether oxygens (including phenoxy) is 1. The van der Waals surface area contributed by atoms with Crippen molar-refractivity contribution >= 4 is 65.2 Å². The van der Waals surface area contributed by atoms with Gasteiger partial charge < -0.3 is 75.1 Å². The Kier molecular flexibility index (Phi) is 26.4. The Balaban J connectivity index is 2.69. The summed E-state index contributed by atoms with van der Waals surface area (Å²) in [6.45, 7) is 7.86. The summed E-state index contributed by atoms with van der Waals surface area (Å²) >= 11 is 0. The first-order valence-corrected chi connectivity index (χ1v) is 23.7. The van der Waals surface area contributed by atoms with Crippen LogP contribution in [0.4, 0.5) is 0 Å². The Labute approximate surface area is 424 Å². The number of rotatable bonds is 17. The van der Waals surface area contributed by atoms with Gasteiger partial charge in [0.05, 0.1) is 24.5 Å². The molecule has 1 saturated heterocycles. The zero-order valence-corrected chi connectivity index (χ0v) is 42.1. The molecule has 1 aromatic carbocycles. The van der Waals surface area contributed by atoms with Gasteiger partial charge in [-0.15, -0.1) is 0 Å². The number of allylic oxidation sites excluding steroid dienone is 3. The number of aliphatic imine (C=N–C) groups is 2. The third-order valence-electron chi connectivity index (χ3n) is 11.5. The lowest BCUT2D eigenvalue weighted by Gasteiger charge is -2.27. The second kappa shape index (κ2) is 31.5. The van der Waals surface area contributed by atoms with Crippen molar-refractivity contribution in [3.63, 3.8) is 0 Å². The Morgan fingerprint density at radius 2 is 1.33 bits per heavy atom. The average Bonchev–Trinajstić information content (AvgIpc) is 3.33. The maximum absolute atomic E-state index is 14.3. The normalized spacial score (nSPS) is 24.1.